The fraction of sp³-hybridized carbons (Fsp3) is 0.684. The first kappa shape index (κ1) is 16.5. The number of ether oxygens (including phenoxy) is 1. The lowest BCUT2D eigenvalue weighted by molar-refractivity contribution is -0.0632. The monoisotopic (exact) mass is 289 g/mol. The van der Waals surface area contributed by atoms with Crippen LogP contribution in [0, 0.1) is 0 Å². The fourth-order valence-corrected chi connectivity index (χ4v) is 3.81. The van der Waals surface area contributed by atoms with Gasteiger partial charge in [-0.05, 0) is 51.1 Å². The van der Waals surface area contributed by atoms with E-state index in [-0.39, 0.29) is 5.60 Å². The van der Waals surface area contributed by atoms with Crippen LogP contribution in [0.5, 0.6) is 0 Å². The molecule has 0 spiro atoms. The van der Waals surface area contributed by atoms with Crippen molar-refractivity contribution in [2.45, 2.75) is 70.4 Å². The van der Waals surface area contributed by atoms with Crippen molar-refractivity contribution in [3.05, 3.63) is 35.9 Å². The quantitative estimate of drug-likeness (QED) is 0.730. The van der Waals surface area contributed by atoms with Crippen LogP contribution in [-0.2, 0) is 11.2 Å². The second-order valence-corrected chi connectivity index (χ2v) is 6.19. The molecule has 1 aromatic carbocycles. The van der Waals surface area contributed by atoms with Crippen molar-refractivity contribution < 1.29 is 4.74 Å². The molecule has 21 heavy (non-hydrogen) atoms. The van der Waals surface area contributed by atoms with Gasteiger partial charge in [-0.3, -0.25) is 0 Å². The lowest BCUT2D eigenvalue weighted by Gasteiger charge is -2.38. The molecule has 2 nitrogen and oxygen atoms in total. The molecule has 1 atom stereocenters. The lowest BCUT2D eigenvalue weighted by atomic mass is 9.87. The highest BCUT2D eigenvalue weighted by Crippen LogP contribution is 2.37. The van der Waals surface area contributed by atoms with Gasteiger partial charge >= 0.3 is 0 Å². The van der Waals surface area contributed by atoms with Crippen LogP contribution in [0.2, 0.25) is 0 Å². The SMILES string of the molecule is CCNC(CCCc1ccccc1)C1(OCC)CCCC1. The maximum absolute atomic E-state index is 6.25. The summed E-state index contributed by atoms with van der Waals surface area (Å²) in [5.74, 6) is 0. The highest BCUT2D eigenvalue weighted by atomic mass is 16.5. The number of benzene rings is 1. The Morgan fingerprint density at radius 1 is 1.14 bits per heavy atom. The summed E-state index contributed by atoms with van der Waals surface area (Å²) in [5.41, 5.74) is 1.55. The summed E-state index contributed by atoms with van der Waals surface area (Å²) in [5, 5.41) is 3.71. The first-order valence-corrected chi connectivity index (χ1v) is 8.72. The minimum atomic E-state index is 0.0987. The van der Waals surface area contributed by atoms with Gasteiger partial charge in [0.25, 0.3) is 0 Å². The number of nitrogens with one attached hydrogen (secondary N) is 1. The van der Waals surface area contributed by atoms with E-state index < -0.39 is 0 Å². The first-order valence-electron chi connectivity index (χ1n) is 8.72. The van der Waals surface area contributed by atoms with Gasteiger partial charge in [-0.2, -0.15) is 0 Å². The lowest BCUT2D eigenvalue weighted by Crippen LogP contribution is -2.51. The summed E-state index contributed by atoms with van der Waals surface area (Å²) in [6.07, 6.45) is 8.71. The van der Waals surface area contributed by atoms with Crippen molar-refractivity contribution in [2.75, 3.05) is 13.2 Å². The van der Waals surface area contributed by atoms with Crippen molar-refractivity contribution in [1.29, 1.82) is 0 Å². The predicted molar refractivity (Wildman–Crippen MR) is 89.7 cm³/mol. The zero-order chi connectivity index (χ0) is 15.0. The Morgan fingerprint density at radius 3 is 2.48 bits per heavy atom. The molecular weight excluding hydrogens is 258 g/mol. The number of rotatable bonds is 9. The second kappa shape index (κ2) is 8.55. The molecule has 1 unspecified atom stereocenters. The smallest absolute Gasteiger partial charge is 0.0834 e. The molecule has 1 aliphatic rings. The number of hydrogen-bond donors (Lipinski definition) is 1. The summed E-state index contributed by atoms with van der Waals surface area (Å²) in [6, 6.07) is 11.3. The van der Waals surface area contributed by atoms with Gasteiger partial charge in [-0.25, -0.2) is 0 Å². The number of likely N-dealkylation sites (N-methyl/N-ethyl adjacent to an activating group) is 1. The maximum Gasteiger partial charge on any atom is 0.0834 e. The molecule has 2 heteroatoms. The summed E-state index contributed by atoms with van der Waals surface area (Å²) < 4.78 is 6.25. The average Bonchev–Trinajstić information content (AvgIpc) is 2.98. The van der Waals surface area contributed by atoms with Gasteiger partial charge in [-0.1, -0.05) is 50.1 Å². The minimum Gasteiger partial charge on any atom is -0.374 e. The molecule has 2 rings (SSSR count). The van der Waals surface area contributed by atoms with Crippen LogP contribution >= 0.6 is 0 Å². The maximum atomic E-state index is 6.25. The van der Waals surface area contributed by atoms with Gasteiger partial charge in [-0.15, -0.1) is 0 Å². The molecular formula is C19H31NO. The largest absolute Gasteiger partial charge is 0.374 e. The fourth-order valence-electron chi connectivity index (χ4n) is 3.81. The molecule has 1 aliphatic carbocycles. The Hall–Kier alpha value is -0.860. The second-order valence-electron chi connectivity index (χ2n) is 6.19. The standard InChI is InChI=1S/C19H31NO/c1-3-20-18(19(21-4-2)15-8-9-16-19)14-10-13-17-11-6-5-7-12-17/h5-7,11-12,18,20H,3-4,8-10,13-16H2,1-2H3. The Bertz CT molecular complexity index is 384. The predicted octanol–water partition coefficient (Wildman–Crippen LogP) is 4.34. The van der Waals surface area contributed by atoms with Crippen LogP contribution in [0.4, 0.5) is 0 Å². The minimum absolute atomic E-state index is 0.0987. The van der Waals surface area contributed by atoms with Crippen LogP contribution in [-0.4, -0.2) is 24.8 Å². The van der Waals surface area contributed by atoms with Crippen LogP contribution < -0.4 is 5.32 Å². The summed E-state index contributed by atoms with van der Waals surface area (Å²) in [7, 11) is 0. The van der Waals surface area contributed by atoms with Crippen molar-refractivity contribution in [2.24, 2.45) is 0 Å². The topological polar surface area (TPSA) is 21.3 Å². The van der Waals surface area contributed by atoms with Gasteiger partial charge in [0.05, 0.1) is 5.60 Å². The highest BCUT2D eigenvalue weighted by molar-refractivity contribution is 5.14. The van der Waals surface area contributed by atoms with E-state index in [9.17, 15) is 0 Å². The first-order chi connectivity index (χ1) is 10.3. The summed E-state index contributed by atoms with van der Waals surface area (Å²) >= 11 is 0. The third-order valence-corrected chi connectivity index (χ3v) is 4.77. The number of aryl methyl sites for hydroxylation is 1. The molecule has 0 aliphatic heterocycles. The van der Waals surface area contributed by atoms with Gasteiger partial charge in [0.15, 0.2) is 0 Å². The van der Waals surface area contributed by atoms with E-state index in [1.807, 2.05) is 0 Å². The molecule has 0 aromatic heterocycles. The Balaban J connectivity index is 1.91. The zero-order valence-electron chi connectivity index (χ0n) is 13.7. The molecule has 1 aromatic rings. The highest BCUT2D eigenvalue weighted by Gasteiger charge is 2.41. The van der Waals surface area contributed by atoms with E-state index in [1.54, 1.807) is 0 Å². The molecule has 118 valence electrons. The van der Waals surface area contributed by atoms with Crippen molar-refractivity contribution in [1.82, 2.24) is 5.32 Å². The van der Waals surface area contributed by atoms with Gasteiger partial charge in [0.1, 0.15) is 0 Å². The van der Waals surface area contributed by atoms with E-state index in [0.717, 1.165) is 13.2 Å². The Morgan fingerprint density at radius 2 is 1.86 bits per heavy atom. The van der Waals surface area contributed by atoms with E-state index in [4.69, 9.17) is 4.74 Å². The van der Waals surface area contributed by atoms with E-state index in [0.29, 0.717) is 6.04 Å². The molecule has 1 fully saturated rings. The Kier molecular flexibility index (Phi) is 6.72. The van der Waals surface area contributed by atoms with Gasteiger partial charge in [0.2, 0.25) is 0 Å². The van der Waals surface area contributed by atoms with E-state index >= 15 is 0 Å². The molecule has 0 amide bonds. The number of hydrogen-bond acceptors (Lipinski definition) is 2. The Labute approximate surface area is 130 Å². The van der Waals surface area contributed by atoms with Crippen molar-refractivity contribution >= 4 is 0 Å². The molecule has 0 heterocycles. The molecule has 1 N–H and O–H groups in total. The van der Waals surface area contributed by atoms with Gasteiger partial charge < -0.3 is 10.1 Å². The van der Waals surface area contributed by atoms with Crippen molar-refractivity contribution in [3.8, 4) is 0 Å². The molecule has 1 saturated carbocycles. The molecule has 0 radical (unpaired) electrons. The van der Waals surface area contributed by atoms with Crippen LogP contribution in [0.25, 0.3) is 0 Å². The third-order valence-electron chi connectivity index (χ3n) is 4.77. The van der Waals surface area contributed by atoms with E-state index in [2.05, 4.69) is 49.5 Å². The average molecular weight is 289 g/mol. The van der Waals surface area contributed by atoms with Gasteiger partial charge in [0, 0.05) is 12.6 Å². The van der Waals surface area contributed by atoms with E-state index in [1.165, 1.54) is 50.5 Å². The molecule has 0 saturated heterocycles. The third kappa shape index (κ3) is 4.55. The summed E-state index contributed by atoms with van der Waals surface area (Å²) in [4.78, 5) is 0. The van der Waals surface area contributed by atoms with Crippen LogP contribution in [0.1, 0.15) is 57.9 Å². The van der Waals surface area contributed by atoms with Crippen molar-refractivity contribution in [3.63, 3.8) is 0 Å². The normalized spacial score (nSPS) is 18.8. The van der Waals surface area contributed by atoms with Crippen LogP contribution in [0.15, 0.2) is 30.3 Å². The zero-order valence-corrected chi connectivity index (χ0v) is 13.7. The molecule has 0 bridgehead atoms. The summed E-state index contributed by atoms with van der Waals surface area (Å²) in [6.45, 7) is 6.21. The van der Waals surface area contributed by atoms with Crippen LogP contribution in [0.3, 0.4) is 0 Å².